The van der Waals surface area contributed by atoms with Crippen LogP contribution in [0.1, 0.15) is 6.92 Å². The van der Waals surface area contributed by atoms with Crippen molar-refractivity contribution in [2.24, 2.45) is 5.73 Å². The van der Waals surface area contributed by atoms with Crippen LogP contribution in [0.2, 0.25) is 0 Å². The van der Waals surface area contributed by atoms with Crippen LogP contribution in [0.4, 0.5) is 13.2 Å². The van der Waals surface area contributed by atoms with Crippen molar-refractivity contribution in [2.45, 2.75) is 19.1 Å². The van der Waals surface area contributed by atoms with Gasteiger partial charge in [-0.2, -0.15) is 26.3 Å². The zero-order chi connectivity index (χ0) is 11.4. The first-order valence-electron chi connectivity index (χ1n) is 3.69. The summed E-state index contributed by atoms with van der Waals surface area (Å²) in [6, 6.07) is -0.461. The normalized spacial score (nSPS) is 15.5. The molecule has 1 atom stereocenters. The van der Waals surface area contributed by atoms with Crippen molar-refractivity contribution >= 4 is 10.2 Å². The first-order valence-corrected chi connectivity index (χ1v) is 5.17. The molecular formula is C5H12F3N3O2S. The van der Waals surface area contributed by atoms with Gasteiger partial charge in [-0.15, -0.1) is 0 Å². The Labute approximate surface area is 80.0 Å². The summed E-state index contributed by atoms with van der Waals surface area (Å²) < 4.78 is 59.6. The van der Waals surface area contributed by atoms with Crippen molar-refractivity contribution in [3.63, 3.8) is 0 Å². The molecule has 0 rings (SSSR count). The molecule has 5 nitrogen and oxygen atoms in total. The van der Waals surface area contributed by atoms with Gasteiger partial charge in [0.25, 0.3) is 10.2 Å². The molecule has 0 saturated heterocycles. The van der Waals surface area contributed by atoms with Gasteiger partial charge < -0.3 is 5.73 Å². The van der Waals surface area contributed by atoms with Gasteiger partial charge in [-0.05, 0) is 6.92 Å². The molecule has 1 unspecified atom stereocenters. The van der Waals surface area contributed by atoms with Crippen LogP contribution in [0, 0.1) is 0 Å². The standard InChI is InChI=1S/C5H12F3N3O2S/c1-4(9)2-10-14(12,13)11-3-5(6,7)8/h4,10-11H,2-3,9H2,1H3. The third kappa shape index (κ3) is 8.23. The van der Waals surface area contributed by atoms with Gasteiger partial charge in [-0.25, -0.2) is 4.72 Å². The maximum absolute atomic E-state index is 11.6. The van der Waals surface area contributed by atoms with E-state index in [-0.39, 0.29) is 6.54 Å². The van der Waals surface area contributed by atoms with E-state index in [2.05, 4.69) is 0 Å². The van der Waals surface area contributed by atoms with Crippen molar-refractivity contribution < 1.29 is 21.6 Å². The Balaban J connectivity index is 3.97. The fourth-order valence-electron chi connectivity index (χ4n) is 0.469. The predicted molar refractivity (Wildman–Crippen MR) is 44.6 cm³/mol. The Bertz CT molecular complexity index is 262. The molecule has 0 aromatic heterocycles. The molecule has 0 heterocycles. The molecule has 9 heteroatoms. The lowest BCUT2D eigenvalue weighted by atomic mass is 10.4. The summed E-state index contributed by atoms with van der Waals surface area (Å²) in [5.74, 6) is 0. The van der Waals surface area contributed by atoms with E-state index in [0.29, 0.717) is 0 Å². The van der Waals surface area contributed by atoms with Gasteiger partial charge in [0, 0.05) is 12.6 Å². The molecule has 0 amide bonds. The second kappa shape index (κ2) is 4.91. The summed E-state index contributed by atoms with van der Waals surface area (Å²) in [6.45, 7) is -0.194. The fourth-order valence-corrected chi connectivity index (χ4v) is 1.41. The highest BCUT2D eigenvalue weighted by atomic mass is 32.2. The Kier molecular flexibility index (Phi) is 4.78. The van der Waals surface area contributed by atoms with Crippen LogP contribution in [0.5, 0.6) is 0 Å². The predicted octanol–water partition coefficient (Wildman–Crippen LogP) is -0.680. The molecule has 0 bridgehead atoms. The van der Waals surface area contributed by atoms with Gasteiger partial charge in [0.15, 0.2) is 0 Å². The van der Waals surface area contributed by atoms with Gasteiger partial charge >= 0.3 is 6.18 Å². The van der Waals surface area contributed by atoms with E-state index in [1.807, 2.05) is 4.72 Å². The van der Waals surface area contributed by atoms with E-state index in [0.717, 1.165) is 0 Å². The lowest BCUT2D eigenvalue weighted by molar-refractivity contribution is -0.121. The summed E-state index contributed by atoms with van der Waals surface area (Å²) in [7, 11) is -4.11. The second-order valence-corrected chi connectivity index (χ2v) is 4.35. The minimum absolute atomic E-state index is 0.118. The molecule has 86 valence electrons. The summed E-state index contributed by atoms with van der Waals surface area (Å²) in [6.07, 6.45) is -4.57. The van der Waals surface area contributed by atoms with Crippen LogP contribution in [-0.2, 0) is 10.2 Å². The number of rotatable bonds is 5. The maximum Gasteiger partial charge on any atom is 0.402 e. The second-order valence-electron chi connectivity index (χ2n) is 2.77. The third-order valence-corrected chi connectivity index (χ3v) is 2.13. The summed E-state index contributed by atoms with van der Waals surface area (Å²) in [5.41, 5.74) is 5.20. The lowest BCUT2D eigenvalue weighted by Crippen LogP contribution is -2.44. The molecule has 0 saturated carbocycles. The van der Waals surface area contributed by atoms with E-state index in [4.69, 9.17) is 5.73 Å². The first kappa shape index (κ1) is 13.6. The summed E-state index contributed by atoms with van der Waals surface area (Å²) >= 11 is 0. The van der Waals surface area contributed by atoms with Crippen molar-refractivity contribution in [2.75, 3.05) is 13.1 Å². The van der Waals surface area contributed by atoms with Crippen LogP contribution in [0.15, 0.2) is 0 Å². The SMILES string of the molecule is CC(N)CNS(=O)(=O)NCC(F)(F)F. The zero-order valence-corrected chi connectivity index (χ0v) is 8.24. The summed E-state index contributed by atoms with van der Waals surface area (Å²) in [4.78, 5) is 0. The number of hydrogen-bond donors (Lipinski definition) is 3. The minimum Gasteiger partial charge on any atom is -0.327 e. The largest absolute Gasteiger partial charge is 0.402 e. The van der Waals surface area contributed by atoms with Crippen molar-refractivity contribution in [3.8, 4) is 0 Å². The highest BCUT2D eigenvalue weighted by Gasteiger charge is 2.29. The number of alkyl halides is 3. The highest BCUT2D eigenvalue weighted by Crippen LogP contribution is 2.12. The molecule has 0 aliphatic carbocycles. The van der Waals surface area contributed by atoms with Crippen molar-refractivity contribution in [3.05, 3.63) is 0 Å². The number of nitrogens with one attached hydrogen (secondary N) is 2. The smallest absolute Gasteiger partial charge is 0.327 e. The van der Waals surface area contributed by atoms with Crippen LogP contribution in [-0.4, -0.2) is 33.7 Å². The molecule has 4 N–H and O–H groups in total. The Morgan fingerprint density at radius 1 is 1.36 bits per heavy atom. The van der Waals surface area contributed by atoms with Crippen LogP contribution in [0.25, 0.3) is 0 Å². The first-order chi connectivity index (χ1) is 6.12. The van der Waals surface area contributed by atoms with E-state index >= 15 is 0 Å². The Morgan fingerprint density at radius 2 is 1.86 bits per heavy atom. The minimum atomic E-state index is -4.57. The van der Waals surface area contributed by atoms with E-state index in [9.17, 15) is 21.6 Å². The summed E-state index contributed by atoms with van der Waals surface area (Å²) in [5, 5.41) is 0. The average molecular weight is 235 g/mol. The van der Waals surface area contributed by atoms with Gasteiger partial charge in [-0.3, -0.25) is 0 Å². The molecule has 0 aromatic carbocycles. The molecule has 0 radical (unpaired) electrons. The van der Waals surface area contributed by atoms with Crippen LogP contribution in [0.3, 0.4) is 0 Å². The van der Waals surface area contributed by atoms with Crippen molar-refractivity contribution in [1.29, 1.82) is 0 Å². The topological polar surface area (TPSA) is 84.2 Å². The maximum atomic E-state index is 11.6. The molecule has 0 aliphatic rings. The van der Waals surface area contributed by atoms with Gasteiger partial charge in [0.2, 0.25) is 0 Å². The van der Waals surface area contributed by atoms with Crippen LogP contribution < -0.4 is 15.2 Å². The Morgan fingerprint density at radius 3 is 2.21 bits per heavy atom. The number of halogens is 3. The average Bonchev–Trinajstić information content (AvgIpc) is 1.97. The molecule has 0 fully saturated rings. The quantitative estimate of drug-likeness (QED) is 0.590. The zero-order valence-electron chi connectivity index (χ0n) is 7.43. The van der Waals surface area contributed by atoms with E-state index in [1.54, 1.807) is 0 Å². The molecule has 0 aliphatic heterocycles. The monoisotopic (exact) mass is 235 g/mol. The molecular weight excluding hydrogens is 223 g/mol. The molecule has 14 heavy (non-hydrogen) atoms. The molecule has 0 spiro atoms. The lowest BCUT2D eigenvalue weighted by Gasteiger charge is -2.11. The van der Waals surface area contributed by atoms with Crippen molar-refractivity contribution in [1.82, 2.24) is 9.44 Å². The van der Waals surface area contributed by atoms with Gasteiger partial charge in [-0.1, -0.05) is 0 Å². The van der Waals surface area contributed by atoms with Crippen LogP contribution >= 0.6 is 0 Å². The number of hydrogen-bond acceptors (Lipinski definition) is 3. The fraction of sp³-hybridized carbons (Fsp3) is 1.00. The number of nitrogens with two attached hydrogens (primary N) is 1. The Hall–Kier alpha value is -0.380. The van der Waals surface area contributed by atoms with Gasteiger partial charge in [0.1, 0.15) is 6.54 Å². The molecule has 0 aromatic rings. The van der Waals surface area contributed by atoms with E-state index < -0.39 is 29.0 Å². The van der Waals surface area contributed by atoms with Gasteiger partial charge in [0.05, 0.1) is 0 Å². The highest BCUT2D eigenvalue weighted by molar-refractivity contribution is 7.87. The third-order valence-electron chi connectivity index (χ3n) is 1.06. The van der Waals surface area contributed by atoms with E-state index in [1.165, 1.54) is 11.6 Å².